The first-order valence-electron chi connectivity index (χ1n) is 9.17. The Kier molecular flexibility index (Phi) is 4.97. The number of methoxy groups -OCH3 is 1. The van der Waals surface area contributed by atoms with Crippen LogP contribution in [-0.2, 0) is 0 Å². The second kappa shape index (κ2) is 7.70. The van der Waals surface area contributed by atoms with Gasteiger partial charge in [-0.2, -0.15) is 0 Å². The summed E-state index contributed by atoms with van der Waals surface area (Å²) in [6.07, 6.45) is 6.16. The van der Waals surface area contributed by atoms with Crippen molar-refractivity contribution in [2.75, 3.05) is 32.1 Å². The van der Waals surface area contributed by atoms with Crippen LogP contribution in [0.3, 0.4) is 0 Å². The third-order valence-electron chi connectivity index (χ3n) is 5.06. The molecule has 5 nitrogen and oxygen atoms in total. The van der Waals surface area contributed by atoms with Crippen molar-refractivity contribution < 1.29 is 4.74 Å². The average Bonchev–Trinajstić information content (AvgIpc) is 3.23. The average molecular weight is 348 g/mol. The number of aromatic nitrogens is 2. The van der Waals surface area contributed by atoms with Gasteiger partial charge in [-0.3, -0.25) is 14.9 Å². The van der Waals surface area contributed by atoms with Crippen LogP contribution in [0.15, 0.2) is 54.9 Å². The molecule has 1 fully saturated rings. The summed E-state index contributed by atoms with van der Waals surface area (Å²) in [7, 11) is 1.74. The number of para-hydroxylation sites is 1. The number of hydrogen-bond acceptors (Lipinski definition) is 5. The van der Waals surface area contributed by atoms with Gasteiger partial charge in [-0.1, -0.05) is 18.2 Å². The molecule has 1 atom stereocenters. The van der Waals surface area contributed by atoms with Crippen molar-refractivity contribution in [2.45, 2.75) is 18.9 Å². The van der Waals surface area contributed by atoms with Gasteiger partial charge >= 0.3 is 0 Å². The molecule has 2 aromatic heterocycles. The minimum absolute atomic E-state index is 0.264. The third-order valence-corrected chi connectivity index (χ3v) is 5.06. The number of nitrogens with one attached hydrogen (secondary N) is 1. The van der Waals surface area contributed by atoms with Crippen LogP contribution in [0.4, 0.5) is 5.69 Å². The quantitative estimate of drug-likeness (QED) is 0.732. The van der Waals surface area contributed by atoms with E-state index in [0.29, 0.717) is 0 Å². The van der Waals surface area contributed by atoms with Gasteiger partial charge < -0.3 is 10.1 Å². The maximum Gasteiger partial charge on any atom is 0.123 e. The molecule has 0 amide bonds. The van der Waals surface area contributed by atoms with Crippen LogP contribution in [0.2, 0.25) is 0 Å². The molecule has 26 heavy (non-hydrogen) atoms. The minimum atomic E-state index is 0.264. The predicted octanol–water partition coefficient (Wildman–Crippen LogP) is 3.89. The monoisotopic (exact) mass is 348 g/mol. The molecule has 3 heterocycles. The second-order valence-electron chi connectivity index (χ2n) is 6.61. The zero-order valence-corrected chi connectivity index (χ0v) is 15.1. The highest BCUT2D eigenvalue weighted by molar-refractivity contribution is 5.86. The minimum Gasteiger partial charge on any atom is -0.496 e. The summed E-state index contributed by atoms with van der Waals surface area (Å²) in [4.78, 5) is 11.4. The Morgan fingerprint density at radius 2 is 1.88 bits per heavy atom. The molecule has 1 aliphatic heterocycles. The normalized spacial score (nSPS) is 15.9. The zero-order valence-electron chi connectivity index (χ0n) is 15.1. The molecular weight excluding hydrogens is 324 g/mol. The van der Waals surface area contributed by atoms with Crippen molar-refractivity contribution >= 4 is 16.7 Å². The van der Waals surface area contributed by atoms with E-state index < -0.39 is 0 Å². The van der Waals surface area contributed by atoms with E-state index in [1.165, 1.54) is 18.4 Å². The lowest BCUT2D eigenvalue weighted by Crippen LogP contribution is -2.31. The standard InChI is InChI=1S/C21H24N4O/c1-26-20-9-3-2-7-16(20)19(25-13-4-5-14-25)15-24-18-10-12-22-17-8-6-11-23-21(17)18/h2-3,6-12,19H,4-5,13-15H2,1H3,(H,22,24). The molecule has 0 spiro atoms. The van der Waals surface area contributed by atoms with Gasteiger partial charge in [0.2, 0.25) is 0 Å². The molecule has 1 aliphatic rings. The van der Waals surface area contributed by atoms with Gasteiger partial charge in [-0.25, -0.2) is 0 Å². The van der Waals surface area contributed by atoms with Crippen molar-refractivity contribution in [1.29, 1.82) is 0 Å². The number of rotatable bonds is 6. The van der Waals surface area contributed by atoms with E-state index in [2.05, 4.69) is 32.3 Å². The molecule has 0 saturated carbocycles. The summed E-state index contributed by atoms with van der Waals surface area (Å²) in [5.41, 5.74) is 4.08. The summed E-state index contributed by atoms with van der Waals surface area (Å²) in [5, 5.41) is 3.61. The lowest BCUT2D eigenvalue weighted by atomic mass is 10.0. The lowest BCUT2D eigenvalue weighted by molar-refractivity contribution is 0.249. The Balaban J connectivity index is 1.63. The first kappa shape index (κ1) is 16.8. The summed E-state index contributed by atoms with van der Waals surface area (Å²) in [6, 6.07) is 14.5. The van der Waals surface area contributed by atoms with Crippen LogP contribution in [-0.4, -0.2) is 41.6 Å². The zero-order chi connectivity index (χ0) is 17.8. The Hall–Kier alpha value is -2.66. The molecule has 3 aromatic rings. The second-order valence-corrected chi connectivity index (χ2v) is 6.61. The van der Waals surface area contributed by atoms with Crippen LogP contribution in [0.5, 0.6) is 5.75 Å². The van der Waals surface area contributed by atoms with Crippen molar-refractivity contribution in [3.8, 4) is 5.75 Å². The molecule has 5 heteroatoms. The predicted molar refractivity (Wildman–Crippen MR) is 105 cm³/mol. The van der Waals surface area contributed by atoms with Gasteiger partial charge in [0, 0.05) is 24.5 Å². The number of hydrogen-bond donors (Lipinski definition) is 1. The highest BCUT2D eigenvalue weighted by Gasteiger charge is 2.25. The number of fused-ring (bicyclic) bond motifs is 1. The van der Waals surface area contributed by atoms with Crippen LogP contribution in [0, 0.1) is 0 Å². The van der Waals surface area contributed by atoms with Gasteiger partial charge in [-0.15, -0.1) is 0 Å². The largest absolute Gasteiger partial charge is 0.496 e. The Bertz CT molecular complexity index is 871. The molecule has 134 valence electrons. The van der Waals surface area contributed by atoms with Crippen LogP contribution in [0.25, 0.3) is 11.0 Å². The van der Waals surface area contributed by atoms with E-state index >= 15 is 0 Å². The van der Waals surface area contributed by atoms with E-state index in [4.69, 9.17) is 4.74 Å². The maximum absolute atomic E-state index is 5.63. The number of ether oxygens (including phenoxy) is 1. The van der Waals surface area contributed by atoms with Crippen molar-refractivity contribution in [3.63, 3.8) is 0 Å². The van der Waals surface area contributed by atoms with E-state index in [9.17, 15) is 0 Å². The molecule has 4 rings (SSSR count). The summed E-state index contributed by atoms with van der Waals surface area (Å²) in [6.45, 7) is 3.05. The number of benzene rings is 1. The van der Waals surface area contributed by atoms with E-state index in [1.54, 1.807) is 7.11 Å². The van der Waals surface area contributed by atoms with Crippen molar-refractivity contribution in [2.24, 2.45) is 0 Å². The van der Waals surface area contributed by atoms with Crippen LogP contribution in [0.1, 0.15) is 24.4 Å². The van der Waals surface area contributed by atoms with Crippen LogP contribution >= 0.6 is 0 Å². The van der Waals surface area contributed by atoms with E-state index in [0.717, 1.165) is 42.1 Å². The summed E-state index contributed by atoms with van der Waals surface area (Å²) < 4.78 is 5.63. The molecular formula is C21H24N4O. The SMILES string of the molecule is COc1ccccc1C(CNc1ccnc2cccnc12)N1CCCC1. The van der Waals surface area contributed by atoms with Gasteiger partial charge in [0.25, 0.3) is 0 Å². The lowest BCUT2D eigenvalue weighted by Gasteiger charge is -2.29. The fourth-order valence-corrected chi connectivity index (χ4v) is 3.76. The summed E-state index contributed by atoms with van der Waals surface area (Å²) in [5.74, 6) is 0.948. The Morgan fingerprint density at radius 3 is 2.73 bits per heavy atom. The molecule has 1 saturated heterocycles. The van der Waals surface area contributed by atoms with Crippen LogP contribution < -0.4 is 10.1 Å². The van der Waals surface area contributed by atoms with Crippen molar-refractivity contribution in [1.82, 2.24) is 14.9 Å². The van der Waals surface area contributed by atoms with Gasteiger partial charge in [0.15, 0.2) is 0 Å². The molecule has 0 radical (unpaired) electrons. The van der Waals surface area contributed by atoms with Gasteiger partial charge in [0.1, 0.15) is 11.3 Å². The number of likely N-dealkylation sites (tertiary alicyclic amines) is 1. The van der Waals surface area contributed by atoms with Gasteiger partial charge in [0.05, 0.1) is 24.4 Å². The topological polar surface area (TPSA) is 50.3 Å². The smallest absolute Gasteiger partial charge is 0.123 e. The fraction of sp³-hybridized carbons (Fsp3) is 0.333. The maximum atomic E-state index is 5.63. The molecule has 0 aliphatic carbocycles. The molecule has 1 N–H and O–H groups in total. The highest BCUT2D eigenvalue weighted by atomic mass is 16.5. The first-order valence-corrected chi connectivity index (χ1v) is 9.17. The molecule has 1 unspecified atom stereocenters. The third kappa shape index (κ3) is 3.35. The number of pyridine rings is 2. The number of anilines is 1. The van der Waals surface area contributed by atoms with Gasteiger partial charge in [-0.05, 0) is 50.2 Å². The fourth-order valence-electron chi connectivity index (χ4n) is 3.76. The molecule has 1 aromatic carbocycles. The van der Waals surface area contributed by atoms with Crippen molar-refractivity contribution in [3.05, 3.63) is 60.4 Å². The van der Waals surface area contributed by atoms with E-state index in [-0.39, 0.29) is 6.04 Å². The number of nitrogens with zero attached hydrogens (tertiary/aromatic N) is 3. The molecule has 0 bridgehead atoms. The van der Waals surface area contributed by atoms with E-state index in [1.807, 2.05) is 42.7 Å². The first-order chi connectivity index (χ1) is 12.9. The Labute approximate surface area is 154 Å². The highest BCUT2D eigenvalue weighted by Crippen LogP contribution is 2.32. The Morgan fingerprint density at radius 1 is 1.04 bits per heavy atom. The summed E-state index contributed by atoms with van der Waals surface area (Å²) >= 11 is 0.